The van der Waals surface area contributed by atoms with Gasteiger partial charge >= 0.3 is 0 Å². The van der Waals surface area contributed by atoms with Gasteiger partial charge in [0.2, 0.25) is 0 Å². The quantitative estimate of drug-likeness (QED) is 0.684. The molecule has 2 heteroatoms. The van der Waals surface area contributed by atoms with Crippen molar-refractivity contribution in [3.63, 3.8) is 0 Å². The van der Waals surface area contributed by atoms with Crippen LogP contribution in [0.1, 0.15) is 46.5 Å². The predicted molar refractivity (Wildman–Crippen MR) is 85.9 cm³/mol. The van der Waals surface area contributed by atoms with Crippen LogP contribution in [0.25, 0.3) is 0 Å². The van der Waals surface area contributed by atoms with Crippen LogP contribution in [0.4, 0.5) is 5.69 Å². The molecule has 1 N–H and O–H groups in total. The minimum absolute atomic E-state index is 0.633. The fourth-order valence-corrected chi connectivity index (χ4v) is 2.40. The van der Waals surface area contributed by atoms with Gasteiger partial charge in [-0.25, -0.2) is 0 Å². The van der Waals surface area contributed by atoms with Gasteiger partial charge < -0.3 is 10.2 Å². The zero-order valence-corrected chi connectivity index (χ0v) is 12.9. The summed E-state index contributed by atoms with van der Waals surface area (Å²) in [4.78, 5) is 2.53. The van der Waals surface area contributed by atoms with Crippen LogP contribution in [0.3, 0.4) is 0 Å². The van der Waals surface area contributed by atoms with E-state index in [2.05, 4.69) is 61.3 Å². The SMILES string of the molecule is CCCCN(CCCC(C)NCC)c1ccccc1. The number of hydrogen-bond acceptors (Lipinski definition) is 2. The molecular formula is C17H30N2. The smallest absolute Gasteiger partial charge is 0.0366 e. The number of benzene rings is 1. The van der Waals surface area contributed by atoms with Crippen molar-refractivity contribution >= 4 is 5.69 Å². The zero-order chi connectivity index (χ0) is 13.9. The molecular weight excluding hydrogens is 232 g/mol. The lowest BCUT2D eigenvalue weighted by molar-refractivity contribution is 0.508. The fraction of sp³-hybridized carbons (Fsp3) is 0.647. The van der Waals surface area contributed by atoms with Gasteiger partial charge in [-0.3, -0.25) is 0 Å². The van der Waals surface area contributed by atoms with Gasteiger partial charge in [0.1, 0.15) is 0 Å². The largest absolute Gasteiger partial charge is 0.372 e. The maximum atomic E-state index is 3.48. The maximum absolute atomic E-state index is 3.48. The summed E-state index contributed by atoms with van der Waals surface area (Å²) in [6.45, 7) is 10.1. The van der Waals surface area contributed by atoms with E-state index >= 15 is 0 Å². The first kappa shape index (κ1) is 16.0. The van der Waals surface area contributed by atoms with E-state index in [1.165, 1.54) is 44.5 Å². The molecule has 0 aliphatic carbocycles. The van der Waals surface area contributed by atoms with Crippen LogP contribution in [0.2, 0.25) is 0 Å². The lowest BCUT2D eigenvalue weighted by Crippen LogP contribution is -2.29. The molecule has 0 aliphatic rings. The van der Waals surface area contributed by atoms with E-state index in [4.69, 9.17) is 0 Å². The van der Waals surface area contributed by atoms with Gasteiger partial charge in [-0.1, -0.05) is 38.5 Å². The Hall–Kier alpha value is -1.02. The van der Waals surface area contributed by atoms with E-state index in [0.29, 0.717) is 6.04 Å². The van der Waals surface area contributed by atoms with Crippen LogP contribution in [0.15, 0.2) is 30.3 Å². The van der Waals surface area contributed by atoms with Gasteiger partial charge in [-0.15, -0.1) is 0 Å². The van der Waals surface area contributed by atoms with E-state index in [-0.39, 0.29) is 0 Å². The Balaban J connectivity index is 2.42. The maximum Gasteiger partial charge on any atom is 0.0366 e. The van der Waals surface area contributed by atoms with Gasteiger partial charge in [-0.2, -0.15) is 0 Å². The molecule has 0 bridgehead atoms. The first-order valence-electron chi connectivity index (χ1n) is 7.81. The number of para-hydroxylation sites is 1. The topological polar surface area (TPSA) is 15.3 Å². The van der Waals surface area contributed by atoms with Gasteiger partial charge in [0.25, 0.3) is 0 Å². The highest BCUT2D eigenvalue weighted by Gasteiger charge is 2.06. The number of unbranched alkanes of at least 4 members (excludes halogenated alkanes) is 1. The average Bonchev–Trinajstić information content (AvgIpc) is 2.44. The molecule has 0 fully saturated rings. The molecule has 1 atom stereocenters. The first-order valence-corrected chi connectivity index (χ1v) is 7.81. The minimum Gasteiger partial charge on any atom is -0.372 e. The highest BCUT2D eigenvalue weighted by Crippen LogP contribution is 2.15. The molecule has 108 valence electrons. The summed E-state index contributed by atoms with van der Waals surface area (Å²) >= 11 is 0. The van der Waals surface area contributed by atoms with Crippen molar-refractivity contribution in [2.24, 2.45) is 0 Å². The Bertz CT molecular complexity index is 310. The van der Waals surface area contributed by atoms with E-state index in [1.54, 1.807) is 0 Å². The second-order valence-electron chi connectivity index (χ2n) is 5.28. The molecule has 0 aliphatic heterocycles. The summed E-state index contributed by atoms with van der Waals surface area (Å²) in [5.41, 5.74) is 1.37. The number of nitrogens with one attached hydrogen (secondary N) is 1. The predicted octanol–water partition coefficient (Wildman–Crippen LogP) is 4.07. The number of rotatable bonds is 10. The summed E-state index contributed by atoms with van der Waals surface area (Å²) < 4.78 is 0. The van der Waals surface area contributed by atoms with Crippen molar-refractivity contribution in [3.8, 4) is 0 Å². The molecule has 19 heavy (non-hydrogen) atoms. The van der Waals surface area contributed by atoms with Crippen LogP contribution in [0, 0.1) is 0 Å². The Morgan fingerprint density at radius 1 is 1.05 bits per heavy atom. The van der Waals surface area contributed by atoms with Gasteiger partial charge in [0.15, 0.2) is 0 Å². The molecule has 0 heterocycles. The second kappa shape index (κ2) is 9.85. The van der Waals surface area contributed by atoms with Crippen molar-refractivity contribution in [3.05, 3.63) is 30.3 Å². The third-order valence-electron chi connectivity index (χ3n) is 3.52. The fourth-order valence-electron chi connectivity index (χ4n) is 2.40. The normalized spacial score (nSPS) is 12.4. The minimum atomic E-state index is 0.633. The Labute approximate surface area is 119 Å². The van der Waals surface area contributed by atoms with Crippen molar-refractivity contribution in [2.45, 2.75) is 52.5 Å². The summed E-state index contributed by atoms with van der Waals surface area (Å²) in [5, 5.41) is 3.48. The van der Waals surface area contributed by atoms with Crippen LogP contribution >= 0.6 is 0 Å². The zero-order valence-electron chi connectivity index (χ0n) is 12.9. The monoisotopic (exact) mass is 262 g/mol. The number of hydrogen-bond donors (Lipinski definition) is 1. The van der Waals surface area contributed by atoms with Crippen LogP contribution < -0.4 is 10.2 Å². The molecule has 0 aromatic heterocycles. The molecule has 0 saturated carbocycles. The van der Waals surface area contributed by atoms with Crippen molar-refractivity contribution in [1.29, 1.82) is 0 Å². The lowest BCUT2D eigenvalue weighted by atomic mass is 10.1. The number of anilines is 1. The van der Waals surface area contributed by atoms with E-state index in [0.717, 1.165) is 6.54 Å². The molecule has 0 radical (unpaired) electrons. The average molecular weight is 262 g/mol. The van der Waals surface area contributed by atoms with Crippen molar-refractivity contribution in [2.75, 3.05) is 24.5 Å². The van der Waals surface area contributed by atoms with Crippen LogP contribution in [-0.4, -0.2) is 25.7 Å². The van der Waals surface area contributed by atoms with Gasteiger partial charge in [0.05, 0.1) is 0 Å². The Morgan fingerprint density at radius 2 is 1.74 bits per heavy atom. The van der Waals surface area contributed by atoms with E-state index in [9.17, 15) is 0 Å². The highest BCUT2D eigenvalue weighted by molar-refractivity contribution is 5.45. The lowest BCUT2D eigenvalue weighted by Gasteiger charge is -2.25. The third-order valence-corrected chi connectivity index (χ3v) is 3.52. The van der Waals surface area contributed by atoms with Crippen LogP contribution in [-0.2, 0) is 0 Å². The third kappa shape index (κ3) is 6.63. The molecule has 0 spiro atoms. The van der Waals surface area contributed by atoms with E-state index < -0.39 is 0 Å². The molecule has 0 amide bonds. The standard InChI is InChI=1S/C17H30N2/c1-4-6-14-19(17-12-8-7-9-13-17)15-10-11-16(3)18-5-2/h7-9,12-13,16,18H,4-6,10-11,14-15H2,1-3H3. The second-order valence-corrected chi connectivity index (χ2v) is 5.28. The summed E-state index contributed by atoms with van der Waals surface area (Å²) in [6.07, 6.45) is 5.05. The van der Waals surface area contributed by atoms with E-state index in [1.807, 2.05) is 0 Å². The Kier molecular flexibility index (Phi) is 8.31. The molecule has 1 aromatic carbocycles. The summed E-state index contributed by atoms with van der Waals surface area (Å²) in [5.74, 6) is 0. The Morgan fingerprint density at radius 3 is 2.37 bits per heavy atom. The first-order chi connectivity index (χ1) is 9.27. The summed E-state index contributed by atoms with van der Waals surface area (Å²) in [7, 11) is 0. The molecule has 1 rings (SSSR count). The van der Waals surface area contributed by atoms with Gasteiger partial charge in [0, 0.05) is 24.8 Å². The van der Waals surface area contributed by atoms with Crippen molar-refractivity contribution in [1.82, 2.24) is 5.32 Å². The number of nitrogens with zero attached hydrogens (tertiary/aromatic N) is 1. The van der Waals surface area contributed by atoms with Crippen LogP contribution in [0.5, 0.6) is 0 Å². The molecule has 2 nitrogen and oxygen atoms in total. The molecule has 1 unspecified atom stereocenters. The summed E-state index contributed by atoms with van der Waals surface area (Å²) in [6, 6.07) is 11.4. The van der Waals surface area contributed by atoms with Gasteiger partial charge in [-0.05, 0) is 44.9 Å². The molecule has 0 saturated heterocycles. The highest BCUT2D eigenvalue weighted by atomic mass is 15.1. The molecule has 1 aromatic rings. The van der Waals surface area contributed by atoms with Crippen molar-refractivity contribution < 1.29 is 0 Å².